The Morgan fingerprint density at radius 1 is 1.03 bits per heavy atom. The van der Waals surface area contributed by atoms with Crippen LogP contribution in [0.15, 0.2) is 24.3 Å². The maximum atomic E-state index is 13.7. The minimum absolute atomic E-state index is 0.0431. The van der Waals surface area contributed by atoms with Crippen LogP contribution in [0, 0.1) is 5.92 Å². The molecule has 3 atom stereocenters. The summed E-state index contributed by atoms with van der Waals surface area (Å²) in [4.78, 5) is 28.3. The summed E-state index contributed by atoms with van der Waals surface area (Å²) in [7, 11) is 1.77. The number of fused-ring (bicyclic) bond motifs is 1. The van der Waals surface area contributed by atoms with Crippen molar-refractivity contribution in [3.8, 4) is 0 Å². The molecule has 0 bridgehead atoms. The molecule has 2 fully saturated rings. The highest BCUT2D eigenvalue weighted by Gasteiger charge is 2.40. The molecule has 2 amide bonds. The van der Waals surface area contributed by atoms with Crippen LogP contribution in [0.3, 0.4) is 0 Å². The van der Waals surface area contributed by atoms with Crippen LogP contribution in [-0.2, 0) is 27.2 Å². The van der Waals surface area contributed by atoms with Crippen LogP contribution in [-0.4, -0.2) is 54.7 Å². The van der Waals surface area contributed by atoms with E-state index in [0.29, 0.717) is 6.54 Å². The summed E-state index contributed by atoms with van der Waals surface area (Å²) in [6.07, 6.45) is 9.08. The molecular formula is C25H37N3O3. The monoisotopic (exact) mass is 427 g/mol. The van der Waals surface area contributed by atoms with Crippen LogP contribution < -0.4 is 10.6 Å². The van der Waals surface area contributed by atoms with Gasteiger partial charge in [-0.2, -0.15) is 0 Å². The number of carbonyl (C=O) groups is 2. The first kappa shape index (κ1) is 22.3. The van der Waals surface area contributed by atoms with Gasteiger partial charge in [0.1, 0.15) is 12.3 Å². The summed E-state index contributed by atoms with van der Waals surface area (Å²) >= 11 is 0. The third kappa shape index (κ3) is 5.12. The molecular weight excluding hydrogens is 390 g/mol. The Kier molecular flexibility index (Phi) is 7.28. The van der Waals surface area contributed by atoms with Crippen LogP contribution in [0.5, 0.6) is 0 Å². The largest absolute Gasteiger partial charge is 0.354 e. The van der Waals surface area contributed by atoms with Crippen molar-refractivity contribution in [2.24, 2.45) is 5.92 Å². The molecule has 1 aromatic carbocycles. The zero-order valence-electron chi connectivity index (χ0n) is 18.9. The van der Waals surface area contributed by atoms with Gasteiger partial charge in [0.05, 0.1) is 12.1 Å². The van der Waals surface area contributed by atoms with Gasteiger partial charge >= 0.3 is 0 Å². The van der Waals surface area contributed by atoms with Gasteiger partial charge in [-0.25, -0.2) is 0 Å². The Hall–Kier alpha value is -1.92. The summed E-state index contributed by atoms with van der Waals surface area (Å²) in [5, 5.41) is 6.08. The molecule has 0 radical (unpaired) electrons. The minimum atomic E-state index is -0.450. The van der Waals surface area contributed by atoms with E-state index in [1.54, 1.807) is 7.05 Å². The SMILES string of the molecule is CN[C@@H](C)C(=O)N[C@H](C(=O)N1CCCC1OC1Cc2ccccc2C1)C1CCCCC1. The van der Waals surface area contributed by atoms with Gasteiger partial charge in [0.25, 0.3) is 0 Å². The molecule has 4 rings (SSSR count). The molecule has 1 aliphatic heterocycles. The van der Waals surface area contributed by atoms with Gasteiger partial charge in [0, 0.05) is 6.54 Å². The lowest BCUT2D eigenvalue weighted by molar-refractivity contribution is -0.152. The molecule has 2 N–H and O–H groups in total. The predicted octanol–water partition coefficient (Wildman–Crippen LogP) is 2.79. The summed E-state index contributed by atoms with van der Waals surface area (Å²) in [5.41, 5.74) is 2.72. The van der Waals surface area contributed by atoms with E-state index in [1.807, 2.05) is 11.8 Å². The van der Waals surface area contributed by atoms with E-state index in [-0.39, 0.29) is 36.1 Å². The van der Waals surface area contributed by atoms with Crippen molar-refractivity contribution in [2.75, 3.05) is 13.6 Å². The second kappa shape index (κ2) is 10.1. The van der Waals surface area contributed by atoms with Crippen LogP contribution in [0.2, 0.25) is 0 Å². The lowest BCUT2D eigenvalue weighted by Gasteiger charge is -2.36. The van der Waals surface area contributed by atoms with Gasteiger partial charge < -0.3 is 20.3 Å². The number of rotatable bonds is 7. The van der Waals surface area contributed by atoms with E-state index in [2.05, 4.69) is 34.9 Å². The quantitative estimate of drug-likeness (QED) is 0.702. The number of nitrogens with one attached hydrogen (secondary N) is 2. The van der Waals surface area contributed by atoms with Crippen LogP contribution >= 0.6 is 0 Å². The molecule has 170 valence electrons. The molecule has 1 saturated heterocycles. The molecule has 0 spiro atoms. The Morgan fingerprint density at radius 3 is 2.35 bits per heavy atom. The molecule has 1 unspecified atom stereocenters. The first-order chi connectivity index (χ1) is 15.1. The van der Waals surface area contributed by atoms with Crippen molar-refractivity contribution in [1.82, 2.24) is 15.5 Å². The van der Waals surface area contributed by atoms with Crippen molar-refractivity contribution in [3.05, 3.63) is 35.4 Å². The molecule has 6 heteroatoms. The van der Waals surface area contributed by atoms with Gasteiger partial charge in [0.2, 0.25) is 11.8 Å². The fraction of sp³-hybridized carbons (Fsp3) is 0.680. The molecule has 1 saturated carbocycles. The second-order valence-corrected chi connectivity index (χ2v) is 9.46. The minimum Gasteiger partial charge on any atom is -0.354 e. The van der Waals surface area contributed by atoms with Crippen molar-refractivity contribution in [1.29, 1.82) is 0 Å². The first-order valence-electron chi connectivity index (χ1n) is 12.1. The normalized spacial score (nSPS) is 24.1. The molecule has 2 aliphatic carbocycles. The number of nitrogens with zero attached hydrogens (tertiary/aromatic N) is 1. The third-order valence-corrected chi connectivity index (χ3v) is 7.36. The number of likely N-dealkylation sites (N-methyl/N-ethyl adjacent to an activating group) is 1. The Bertz CT molecular complexity index is 752. The Labute approximate surface area is 186 Å². The van der Waals surface area contributed by atoms with Gasteiger partial charge in [0.15, 0.2) is 0 Å². The summed E-state index contributed by atoms with van der Waals surface area (Å²) in [6, 6.07) is 7.74. The number of likely N-dealkylation sites (tertiary alicyclic amines) is 1. The van der Waals surface area contributed by atoms with Gasteiger partial charge in [-0.3, -0.25) is 9.59 Å². The Morgan fingerprint density at radius 2 is 1.71 bits per heavy atom. The Balaban J connectivity index is 1.44. The number of benzene rings is 1. The van der Waals surface area contributed by atoms with E-state index < -0.39 is 6.04 Å². The average molecular weight is 428 g/mol. The standard InChI is InChI=1S/C25H37N3O3/c1-17(26-2)24(29)27-23(18-9-4-3-5-10-18)25(30)28-14-8-13-22(28)31-21-15-19-11-6-7-12-20(19)16-21/h6-7,11-12,17-18,21-23,26H,3-5,8-10,13-16H2,1-2H3,(H,27,29)/t17-,22?,23-/m0/s1. The number of ether oxygens (including phenoxy) is 1. The van der Waals surface area contributed by atoms with E-state index in [4.69, 9.17) is 4.74 Å². The summed E-state index contributed by atoms with van der Waals surface area (Å²) in [6.45, 7) is 2.54. The van der Waals surface area contributed by atoms with Gasteiger partial charge in [-0.1, -0.05) is 43.5 Å². The maximum absolute atomic E-state index is 13.7. The maximum Gasteiger partial charge on any atom is 0.247 e. The van der Waals surface area contributed by atoms with E-state index in [0.717, 1.165) is 51.4 Å². The molecule has 6 nitrogen and oxygen atoms in total. The lowest BCUT2D eigenvalue weighted by atomic mass is 9.83. The van der Waals surface area contributed by atoms with Crippen molar-refractivity contribution in [2.45, 2.75) is 89.1 Å². The van der Waals surface area contributed by atoms with Crippen LogP contribution in [0.4, 0.5) is 0 Å². The van der Waals surface area contributed by atoms with Crippen molar-refractivity contribution < 1.29 is 14.3 Å². The number of amides is 2. The highest BCUT2D eigenvalue weighted by molar-refractivity contribution is 5.90. The molecule has 3 aliphatic rings. The molecule has 1 aromatic rings. The highest BCUT2D eigenvalue weighted by Crippen LogP contribution is 2.31. The molecule has 0 aromatic heterocycles. The number of hydrogen-bond donors (Lipinski definition) is 2. The summed E-state index contributed by atoms with van der Waals surface area (Å²) < 4.78 is 6.48. The van der Waals surface area contributed by atoms with Crippen molar-refractivity contribution in [3.63, 3.8) is 0 Å². The topological polar surface area (TPSA) is 70.7 Å². The van der Waals surface area contributed by atoms with Gasteiger partial charge in [-0.15, -0.1) is 0 Å². The smallest absolute Gasteiger partial charge is 0.247 e. The van der Waals surface area contributed by atoms with Gasteiger partial charge in [-0.05, 0) is 69.5 Å². The summed E-state index contributed by atoms with van der Waals surface area (Å²) in [5.74, 6) is 0.155. The van der Waals surface area contributed by atoms with Crippen LogP contribution in [0.1, 0.15) is 63.0 Å². The number of hydrogen-bond acceptors (Lipinski definition) is 4. The fourth-order valence-corrected chi connectivity index (χ4v) is 5.40. The molecule has 1 heterocycles. The van der Waals surface area contributed by atoms with E-state index in [1.165, 1.54) is 17.5 Å². The highest BCUT2D eigenvalue weighted by atomic mass is 16.5. The van der Waals surface area contributed by atoms with E-state index in [9.17, 15) is 9.59 Å². The molecule has 31 heavy (non-hydrogen) atoms. The lowest BCUT2D eigenvalue weighted by Crippen LogP contribution is -2.57. The van der Waals surface area contributed by atoms with Crippen LogP contribution in [0.25, 0.3) is 0 Å². The fourth-order valence-electron chi connectivity index (χ4n) is 5.40. The van der Waals surface area contributed by atoms with E-state index >= 15 is 0 Å². The zero-order chi connectivity index (χ0) is 21.8. The number of carbonyl (C=O) groups excluding carboxylic acids is 2. The predicted molar refractivity (Wildman–Crippen MR) is 120 cm³/mol. The second-order valence-electron chi connectivity index (χ2n) is 9.46. The van der Waals surface area contributed by atoms with Crippen molar-refractivity contribution >= 4 is 11.8 Å². The zero-order valence-corrected chi connectivity index (χ0v) is 18.9. The average Bonchev–Trinajstić information content (AvgIpc) is 3.43. The third-order valence-electron chi connectivity index (χ3n) is 7.36. The first-order valence-corrected chi connectivity index (χ1v) is 12.1.